The van der Waals surface area contributed by atoms with Crippen molar-refractivity contribution in [2.75, 3.05) is 0 Å². The molecule has 3 heterocycles. The van der Waals surface area contributed by atoms with Crippen LogP contribution in [0.3, 0.4) is 0 Å². The minimum absolute atomic E-state index is 0.361. The van der Waals surface area contributed by atoms with Crippen molar-refractivity contribution in [3.8, 4) is 10.6 Å². The number of rotatable bonds is 5. The highest BCUT2D eigenvalue weighted by atomic mass is 32.1. The van der Waals surface area contributed by atoms with Crippen LogP contribution in [0, 0.1) is 6.92 Å². The molecule has 0 aromatic carbocycles. The summed E-state index contributed by atoms with van der Waals surface area (Å²) in [4.78, 5) is 3.97. The fourth-order valence-electron chi connectivity index (χ4n) is 2.13. The van der Waals surface area contributed by atoms with Gasteiger partial charge < -0.3 is 5.32 Å². The van der Waals surface area contributed by atoms with Gasteiger partial charge in [-0.1, -0.05) is 6.07 Å². The molecule has 1 unspecified atom stereocenters. The second kappa shape index (κ2) is 5.91. The molecule has 0 bridgehead atoms. The van der Waals surface area contributed by atoms with Crippen molar-refractivity contribution in [1.82, 2.24) is 15.5 Å². The average Bonchev–Trinajstić information content (AvgIpc) is 3.16. The smallest absolute Gasteiger partial charge is 0.0794 e. The number of aromatic nitrogens is 2. The molecule has 0 fully saturated rings. The zero-order chi connectivity index (χ0) is 13.9. The molecule has 104 valence electrons. The Bertz CT molecular complexity index is 667. The summed E-state index contributed by atoms with van der Waals surface area (Å²) in [5.74, 6) is 0. The quantitative estimate of drug-likeness (QED) is 0.735. The molecule has 0 radical (unpaired) electrons. The van der Waals surface area contributed by atoms with Crippen LogP contribution in [0.4, 0.5) is 0 Å². The Kier molecular flexibility index (Phi) is 4.00. The van der Waals surface area contributed by atoms with Crippen LogP contribution in [0.15, 0.2) is 35.8 Å². The first-order valence-electron chi connectivity index (χ1n) is 6.60. The maximum absolute atomic E-state index is 4.18. The third kappa shape index (κ3) is 2.85. The molecule has 0 aliphatic carbocycles. The molecule has 0 aliphatic rings. The van der Waals surface area contributed by atoms with Gasteiger partial charge in [0.2, 0.25) is 0 Å². The van der Waals surface area contributed by atoms with E-state index in [0.717, 1.165) is 12.2 Å². The first kappa shape index (κ1) is 13.5. The van der Waals surface area contributed by atoms with E-state index >= 15 is 0 Å². The van der Waals surface area contributed by atoms with Crippen LogP contribution in [-0.2, 0) is 6.54 Å². The standard InChI is InChI=1S/C15H17N3S2/c1-10-5-6-13(20-10)11(2)16-8-12-9-17-18-15(12)14-4-3-7-19-14/h3-7,9,11,16H,8H2,1-2H3,(H,17,18). The highest BCUT2D eigenvalue weighted by Gasteiger charge is 2.11. The van der Waals surface area contributed by atoms with Gasteiger partial charge in [0.25, 0.3) is 0 Å². The van der Waals surface area contributed by atoms with Crippen LogP contribution in [0.5, 0.6) is 0 Å². The predicted octanol–water partition coefficient (Wildman–Crippen LogP) is 4.36. The van der Waals surface area contributed by atoms with E-state index in [-0.39, 0.29) is 0 Å². The van der Waals surface area contributed by atoms with Gasteiger partial charge in [-0.2, -0.15) is 5.10 Å². The molecule has 2 N–H and O–H groups in total. The number of H-pyrrole nitrogens is 1. The van der Waals surface area contributed by atoms with Gasteiger partial charge in [0.1, 0.15) is 0 Å². The molecular weight excluding hydrogens is 286 g/mol. The maximum Gasteiger partial charge on any atom is 0.0794 e. The topological polar surface area (TPSA) is 40.7 Å². The summed E-state index contributed by atoms with van der Waals surface area (Å²) in [5.41, 5.74) is 2.34. The lowest BCUT2D eigenvalue weighted by atomic mass is 10.2. The van der Waals surface area contributed by atoms with Crippen LogP contribution in [-0.4, -0.2) is 10.2 Å². The van der Waals surface area contributed by atoms with Crippen molar-refractivity contribution in [2.24, 2.45) is 0 Å². The lowest BCUT2D eigenvalue weighted by Crippen LogP contribution is -2.17. The zero-order valence-corrected chi connectivity index (χ0v) is 13.1. The lowest BCUT2D eigenvalue weighted by Gasteiger charge is -2.11. The summed E-state index contributed by atoms with van der Waals surface area (Å²) in [6, 6.07) is 8.92. The number of aromatic amines is 1. The normalized spacial score (nSPS) is 12.7. The van der Waals surface area contributed by atoms with E-state index in [1.165, 1.54) is 20.2 Å². The first-order chi connectivity index (χ1) is 9.74. The van der Waals surface area contributed by atoms with Crippen molar-refractivity contribution in [3.05, 3.63) is 51.2 Å². The van der Waals surface area contributed by atoms with E-state index in [9.17, 15) is 0 Å². The Balaban J connectivity index is 1.69. The molecule has 0 amide bonds. The monoisotopic (exact) mass is 303 g/mol. The van der Waals surface area contributed by atoms with Gasteiger partial charge in [-0.3, -0.25) is 5.10 Å². The van der Waals surface area contributed by atoms with Crippen LogP contribution >= 0.6 is 22.7 Å². The summed E-state index contributed by atoms with van der Waals surface area (Å²) in [6.07, 6.45) is 1.91. The van der Waals surface area contributed by atoms with E-state index in [2.05, 4.69) is 59.0 Å². The fraction of sp³-hybridized carbons (Fsp3) is 0.267. The van der Waals surface area contributed by atoms with Gasteiger partial charge in [0.05, 0.1) is 16.8 Å². The van der Waals surface area contributed by atoms with Crippen molar-refractivity contribution >= 4 is 22.7 Å². The van der Waals surface area contributed by atoms with Crippen LogP contribution in [0.25, 0.3) is 10.6 Å². The van der Waals surface area contributed by atoms with Gasteiger partial charge in [0, 0.05) is 27.9 Å². The maximum atomic E-state index is 4.18. The minimum Gasteiger partial charge on any atom is -0.305 e. The number of nitrogens with zero attached hydrogens (tertiary/aromatic N) is 1. The van der Waals surface area contributed by atoms with Gasteiger partial charge in [0.15, 0.2) is 0 Å². The second-order valence-electron chi connectivity index (χ2n) is 4.80. The van der Waals surface area contributed by atoms with Crippen molar-refractivity contribution < 1.29 is 0 Å². The Hall–Kier alpha value is -1.43. The van der Waals surface area contributed by atoms with E-state index < -0.39 is 0 Å². The third-order valence-corrected chi connectivity index (χ3v) is 5.34. The predicted molar refractivity (Wildman–Crippen MR) is 86.2 cm³/mol. The average molecular weight is 303 g/mol. The molecule has 5 heteroatoms. The van der Waals surface area contributed by atoms with E-state index in [1.807, 2.05) is 17.5 Å². The summed E-state index contributed by atoms with van der Waals surface area (Å²) in [6.45, 7) is 5.17. The summed E-state index contributed by atoms with van der Waals surface area (Å²) >= 11 is 3.58. The molecule has 3 aromatic rings. The molecule has 0 spiro atoms. The van der Waals surface area contributed by atoms with Crippen LogP contribution in [0.2, 0.25) is 0 Å². The number of hydrogen-bond acceptors (Lipinski definition) is 4. The second-order valence-corrected chi connectivity index (χ2v) is 7.07. The Morgan fingerprint density at radius 1 is 1.35 bits per heavy atom. The molecule has 3 nitrogen and oxygen atoms in total. The highest BCUT2D eigenvalue weighted by molar-refractivity contribution is 7.13. The van der Waals surface area contributed by atoms with E-state index in [0.29, 0.717) is 6.04 Å². The Morgan fingerprint density at radius 2 is 2.25 bits per heavy atom. The minimum atomic E-state index is 0.361. The number of aryl methyl sites for hydroxylation is 1. The summed E-state index contributed by atoms with van der Waals surface area (Å²) in [7, 11) is 0. The summed E-state index contributed by atoms with van der Waals surface area (Å²) in [5, 5.41) is 12.9. The Labute approximate surface area is 126 Å². The van der Waals surface area contributed by atoms with Crippen LogP contribution in [0.1, 0.15) is 28.3 Å². The SMILES string of the molecule is Cc1ccc(C(C)NCc2cn[nH]c2-c2cccs2)s1. The van der Waals surface area contributed by atoms with Crippen LogP contribution < -0.4 is 5.32 Å². The third-order valence-electron chi connectivity index (χ3n) is 3.27. The molecule has 1 atom stereocenters. The molecule has 0 saturated carbocycles. The lowest BCUT2D eigenvalue weighted by molar-refractivity contribution is 0.583. The molecule has 0 aliphatic heterocycles. The first-order valence-corrected chi connectivity index (χ1v) is 8.29. The van der Waals surface area contributed by atoms with E-state index in [4.69, 9.17) is 0 Å². The van der Waals surface area contributed by atoms with Gasteiger partial charge in [-0.15, -0.1) is 22.7 Å². The van der Waals surface area contributed by atoms with Gasteiger partial charge >= 0.3 is 0 Å². The summed E-state index contributed by atoms with van der Waals surface area (Å²) < 4.78 is 0. The van der Waals surface area contributed by atoms with Gasteiger partial charge in [-0.05, 0) is 37.4 Å². The van der Waals surface area contributed by atoms with Gasteiger partial charge in [-0.25, -0.2) is 0 Å². The molecule has 3 rings (SSSR count). The number of hydrogen-bond donors (Lipinski definition) is 2. The molecular formula is C15H17N3S2. The zero-order valence-electron chi connectivity index (χ0n) is 11.5. The van der Waals surface area contributed by atoms with E-state index in [1.54, 1.807) is 11.3 Å². The molecule has 20 heavy (non-hydrogen) atoms. The van der Waals surface area contributed by atoms with Crippen molar-refractivity contribution in [2.45, 2.75) is 26.4 Å². The van der Waals surface area contributed by atoms with Crippen molar-refractivity contribution in [3.63, 3.8) is 0 Å². The molecule has 3 aromatic heterocycles. The fourth-order valence-corrected chi connectivity index (χ4v) is 3.79. The number of thiophene rings is 2. The largest absolute Gasteiger partial charge is 0.305 e. The highest BCUT2D eigenvalue weighted by Crippen LogP contribution is 2.27. The Morgan fingerprint density at radius 3 is 2.95 bits per heavy atom. The molecule has 0 saturated heterocycles. The van der Waals surface area contributed by atoms with Crippen molar-refractivity contribution in [1.29, 1.82) is 0 Å². The number of nitrogens with one attached hydrogen (secondary N) is 2.